The van der Waals surface area contributed by atoms with E-state index in [1.165, 1.54) is 35.8 Å². The van der Waals surface area contributed by atoms with Crippen molar-refractivity contribution >= 4 is 46.1 Å². The molecule has 2 aliphatic heterocycles. The Labute approximate surface area is 177 Å². The molecule has 2 aromatic rings. The molecule has 0 saturated carbocycles. The Morgan fingerprint density at radius 3 is 2.47 bits per heavy atom. The van der Waals surface area contributed by atoms with Crippen LogP contribution >= 0.6 is 11.8 Å². The van der Waals surface area contributed by atoms with Crippen molar-refractivity contribution in [2.24, 2.45) is 10.2 Å². The number of rotatable bonds is 5. The van der Waals surface area contributed by atoms with Crippen molar-refractivity contribution in [1.82, 2.24) is 5.32 Å². The van der Waals surface area contributed by atoms with Crippen LogP contribution in [0.25, 0.3) is 0 Å². The average Bonchev–Trinajstić information content (AvgIpc) is 3.19. The van der Waals surface area contributed by atoms with Crippen molar-refractivity contribution in [3.63, 3.8) is 0 Å². The standard InChI is InChI=1S/C20H20N6O3S/c27-19-14-30-20(22-19)23-21-13-15-12-17(26(28)29)6-7-18(15)25-10-8-24(9-11-25)16-4-2-1-3-5-16/h1-7,12-13H,8-11,14H2,(H,22,23,27). The molecule has 0 bridgehead atoms. The van der Waals surface area contributed by atoms with Crippen LogP contribution in [0.1, 0.15) is 5.56 Å². The minimum atomic E-state index is -0.423. The third-order valence-electron chi connectivity index (χ3n) is 4.90. The number of hydrogen-bond donors (Lipinski definition) is 1. The molecule has 0 aromatic heterocycles. The summed E-state index contributed by atoms with van der Waals surface area (Å²) in [6.45, 7) is 3.27. The number of non-ortho nitro benzene ring substituents is 1. The molecule has 154 valence electrons. The number of amidine groups is 1. The number of nitrogens with zero attached hydrogens (tertiary/aromatic N) is 5. The summed E-state index contributed by atoms with van der Waals surface area (Å²) >= 11 is 1.28. The molecule has 4 rings (SSSR count). The van der Waals surface area contributed by atoms with Crippen molar-refractivity contribution < 1.29 is 9.72 Å². The van der Waals surface area contributed by atoms with Gasteiger partial charge in [0.2, 0.25) is 5.91 Å². The number of para-hydroxylation sites is 1. The van der Waals surface area contributed by atoms with Gasteiger partial charge in [0.1, 0.15) is 0 Å². The molecule has 2 saturated heterocycles. The quantitative estimate of drug-likeness (QED) is 0.449. The van der Waals surface area contributed by atoms with E-state index < -0.39 is 4.92 Å². The fourth-order valence-corrected chi connectivity index (χ4v) is 4.04. The van der Waals surface area contributed by atoms with Crippen LogP contribution in [0.3, 0.4) is 0 Å². The molecule has 2 fully saturated rings. The van der Waals surface area contributed by atoms with Crippen LogP contribution in [-0.4, -0.2) is 54.1 Å². The monoisotopic (exact) mass is 424 g/mol. The number of piperazine rings is 1. The Balaban J connectivity index is 1.52. The number of amides is 1. The molecule has 0 spiro atoms. The van der Waals surface area contributed by atoms with Gasteiger partial charge in [0.25, 0.3) is 5.69 Å². The van der Waals surface area contributed by atoms with E-state index in [2.05, 4.69) is 37.5 Å². The highest BCUT2D eigenvalue weighted by Gasteiger charge is 2.21. The van der Waals surface area contributed by atoms with Gasteiger partial charge in [-0.05, 0) is 18.2 Å². The number of nitrogens with one attached hydrogen (secondary N) is 1. The number of benzene rings is 2. The van der Waals surface area contributed by atoms with Crippen LogP contribution in [0.2, 0.25) is 0 Å². The lowest BCUT2D eigenvalue weighted by Crippen LogP contribution is -2.46. The number of anilines is 2. The zero-order chi connectivity index (χ0) is 20.9. The molecule has 2 heterocycles. The Bertz CT molecular complexity index is 1000. The van der Waals surface area contributed by atoms with Gasteiger partial charge in [-0.2, -0.15) is 5.10 Å². The lowest BCUT2D eigenvalue weighted by atomic mass is 10.1. The molecule has 30 heavy (non-hydrogen) atoms. The molecule has 1 amide bonds. The van der Waals surface area contributed by atoms with Crippen LogP contribution in [0.5, 0.6) is 0 Å². The summed E-state index contributed by atoms with van der Waals surface area (Å²) in [5.41, 5.74) is 2.69. The van der Waals surface area contributed by atoms with Crippen molar-refractivity contribution in [3.05, 3.63) is 64.2 Å². The molecule has 2 aliphatic rings. The summed E-state index contributed by atoms with van der Waals surface area (Å²) in [6.07, 6.45) is 1.50. The van der Waals surface area contributed by atoms with Gasteiger partial charge in [0, 0.05) is 55.2 Å². The SMILES string of the molecule is O=C1CSC(=NN=Cc2cc([N+](=O)[O-])ccc2N2CCN(c3ccccc3)CC2)N1. The molecule has 0 unspecified atom stereocenters. The predicted octanol–water partition coefficient (Wildman–Crippen LogP) is 2.47. The van der Waals surface area contributed by atoms with Gasteiger partial charge >= 0.3 is 0 Å². The first kappa shape index (κ1) is 19.9. The van der Waals surface area contributed by atoms with Gasteiger partial charge in [-0.1, -0.05) is 30.0 Å². The predicted molar refractivity (Wildman–Crippen MR) is 120 cm³/mol. The molecule has 1 N–H and O–H groups in total. The van der Waals surface area contributed by atoms with E-state index in [0.29, 0.717) is 16.5 Å². The summed E-state index contributed by atoms with van der Waals surface area (Å²) in [6, 6.07) is 15.0. The second-order valence-electron chi connectivity index (χ2n) is 6.80. The molecular weight excluding hydrogens is 404 g/mol. The summed E-state index contributed by atoms with van der Waals surface area (Å²) in [7, 11) is 0. The van der Waals surface area contributed by atoms with Gasteiger partial charge in [-0.3, -0.25) is 14.9 Å². The highest BCUT2D eigenvalue weighted by molar-refractivity contribution is 8.15. The summed E-state index contributed by atoms with van der Waals surface area (Å²) in [5.74, 6) is 0.212. The Kier molecular flexibility index (Phi) is 5.94. The maximum absolute atomic E-state index is 11.2. The number of thioether (sulfide) groups is 1. The molecule has 0 aliphatic carbocycles. The second-order valence-corrected chi connectivity index (χ2v) is 7.76. The van der Waals surface area contributed by atoms with Gasteiger partial charge < -0.3 is 15.1 Å². The fraction of sp³-hybridized carbons (Fsp3) is 0.250. The second kappa shape index (κ2) is 8.95. The number of nitro groups is 1. The zero-order valence-corrected chi connectivity index (χ0v) is 16.9. The normalized spacial score (nSPS) is 18.3. The van der Waals surface area contributed by atoms with E-state index in [-0.39, 0.29) is 11.6 Å². The number of nitro benzene ring substituents is 1. The third kappa shape index (κ3) is 4.60. The van der Waals surface area contributed by atoms with E-state index in [0.717, 1.165) is 31.9 Å². The highest BCUT2D eigenvalue weighted by Crippen LogP contribution is 2.26. The van der Waals surface area contributed by atoms with Gasteiger partial charge in [-0.25, -0.2) is 0 Å². The van der Waals surface area contributed by atoms with Crippen molar-refractivity contribution in [1.29, 1.82) is 0 Å². The Morgan fingerprint density at radius 2 is 1.80 bits per heavy atom. The van der Waals surface area contributed by atoms with E-state index in [1.807, 2.05) is 18.2 Å². The number of carbonyl (C=O) groups is 1. The minimum absolute atomic E-state index is 0.000631. The minimum Gasteiger partial charge on any atom is -0.368 e. The third-order valence-corrected chi connectivity index (χ3v) is 5.76. The van der Waals surface area contributed by atoms with Gasteiger partial charge in [0.05, 0.1) is 16.9 Å². The van der Waals surface area contributed by atoms with Gasteiger partial charge in [-0.15, -0.1) is 5.10 Å². The first-order valence-electron chi connectivity index (χ1n) is 9.47. The van der Waals surface area contributed by atoms with Crippen LogP contribution in [0.4, 0.5) is 17.1 Å². The average molecular weight is 424 g/mol. The van der Waals surface area contributed by atoms with Crippen molar-refractivity contribution in [2.75, 3.05) is 41.7 Å². The van der Waals surface area contributed by atoms with Crippen LogP contribution < -0.4 is 15.1 Å². The maximum Gasteiger partial charge on any atom is 0.270 e. The molecule has 0 radical (unpaired) electrons. The van der Waals surface area contributed by atoms with Crippen molar-refractivity contribution in [2.45, 2.75) is 0 Å². The lowest BCUT2D eigenvalue weighted by molar-refractivity contribution is -0.384. The summed E-state index contributed by atoms with van der Waals surface area (Å²) < 4.78 is 0. The van der Waals surface area contributed by atoms with Crippen molar-refractivity contribution in [3.8, 4) is 0 Å². The van der Waals surface area contributed by atoms with E-state index >= 15 is 0 Å². The first-order valence-corrected chi connectivity index (χ1v) is 10.5. The molecule has 9 nitrogen and oxygen atoms in total. The first-order chi connectivity index (χ1) is 14.6. The van der Waals surface area contributed by atoms with Gasteiger partial charge in [0.15, 0.2) is 5.17 Å². The Hall–Kier alpha value is -3.40. The summed E-state index contributed by atoms with van der Waals surface area (Å²) in [4.78, 5) is 26.6. The topological polar surface area (TPSA) is 103 Å². The van der Waals surface area contributed by atoms with E-state index in [1.54, 1.807) is 6.07 Å². The smallest absolute Gasteiger partial charge is 0.270 e. The Morgan fingerprint density at radius 1 is 1.07 bits per heavy atom. The van der Waals surface area contributed by atoms with Crippen LogP contribution in [0.15, 0.2) is 58.7 Å². The van der Waals surface area contributed by atoms with E-state index in [9.17, 15) is 14.9 Å². The van der Waals surface area contributed by atoms with E-state index in [4.69, 9.17) is 0 Å². The molecule has 0 atom stereocenters. The number of carbonyl (C=O) groups excluding carboxylic acids is 1. The van der Waals surface area contributed by atoms with Crippen LogP contribution in [-0.2, 0) is 4.79 Å². The molecular formula is C20H20N6O3S. The summed E-state index contributed by atoms with van der Waals surface area (Å²) in [5, 5.41) is 22.3. The fourth-order valence-electron chi connectivity index (χ4n) is 3.41. The molecule has 2 aromatic carbocycles. The number of hydrogen-bond acceptors (Lipinski definition) is 8. The zero-order valence-electron chi connectivity index (χ0n) is 16.1. The lowest BCUT2D eigenvalue weighted by Gasteiger charge is -2.37. The van der Waals surface area contributed by atoms with Crippen LogP contribution in [0, 0.1) is 10.1 Å². The highest BCUT2D eigenvalue weighted by atomic mass is 32.2. The largest absolute Gasteiger partial charge is 0.368 e. The maximum atomic E-state index is 11.2. The molecule has 10 heteroatoms.